The normalized spacial score (nSPS) is 17.9. The summed E-state index contributed by atoms with van der Waals surface area (Å²) in [6.07, 6.45) is 4.22. The molecule has 0 heterocycles. The molecule has 0 radical (unpaired) electrons. The third-order valence-corrected chi connectivity index (χ3v) is 3.83. The quantitative estimate of drug-likeness (QED) is 0.643. The summed E-state index contributed by atoms with van der Waals surface area (Å²) in [6, 6.07) is 2.33. The monoisotopic (exact) mass is 281 g/mol. The number of nitrogens with two attached hydrogens (primary N) is 1. The van der Waals surface area contributed by atoms with Crippen LogP contribution in [0, 0.1) is 17.6 Å². The van der Waals surface area contributed by atoms with Gasteiger partial charge in [-0.25, -0.2) is 8.78 Å². The molecule has 3 rings (SSSR count). The molecule has 6 heteroatoms. The Morgan fingerprint density at radius 3 is 2.30 bits per heavy atom. The highest BCUT2D eigenvalue weighted by Crippen LogP contribution is 2.36. The van der Waals surface area contributed by atoms with E-state index in [-0.39, 0.29) is 17.5 Å². The zero-order valence-electron chi connectivity index (χ0n) is 11.0. The Labute approximate surface area is 115 Å². The van der Waals surface area contributed by atoms with E-state index in [1.54, 1.807) is 4.90 Å². The number of rotatable bonds is 5. The smallest absolute Gasteiger partial charge is 0.254 e. The van der Waals surface area contributed by atoms with E-state index in [1.165, 1.54) is 0 Å². The summed E-state index contributed by atoms with van der Waals surface area (Å²) in [5.74, 6) is 3.61. The number of amides is 1. The van der Waals surface area contributed by atoms with Crippen LogP contribution in [0.25, 0.3) is 0 Å². The van der Waals surface area contributed by atoms with Crippen LogP contribution in [0.3, 0.4) is 0 Å². The second kappa shape index (κ2) is 5.01. The van der Waals surface area contributed by atoms with Crippen LogP contribution >= 0.6 is 0 Å². The number of hydrazine groups is 1. The Kier molecular flexibility index (Phi) is 3.33. The highest BCUT2D eigenvalue weighted by molar-refractivity contribution is 5.95. The van der Waals surface area contributed by atoms with Crippen LogP contribution in [-0.2, 0) is 0 Å². The minimum Gasteiger partial charge on any atom is -0.335 e. The lowest BCUT2D eigenvalue weighted by Gasteiger charge is -2.22. The van der Waals surface area contributed by atoms with Crippen LogP contribution in [0.5, 0.6) is 0 Å². The highest BCUT2D eigenvalue weighted by Gasteiger charge is 2.37. The molecular weight excluding hydrogens is 264 g/mol. The molecule has 2 saturated carbocycles. The maximum absolute atomic E-state index is 13.7. The predicted octanol–water partition coefficient (Wildman–Crippen LogP) is 2.27. The molecule has 1 aromatic carbocycles. The Balaban J connectivity index is 1.84. The Morgan fingerprint density at radius 1 is 1.25 bits per heavy atom. The molecule has 20 heavy (non-hydrogen) atoms. The lowest BCUT2D eigenvalue weighted by molar-refractivity contribution is 0.0734. The van der Waals surface area contributed by atoms with E-state index in [0.29, 0.717) is 12.5 Å². The average Bonchev–Trinajstić information content (AvgIpc) is 3.26. The van der Waals surface area contributed by atoms with Crippen molar-refractivity contribution in [3.8, 4) is 0 Å². The Bertz CT molecular complexity index is 518. The van der Waals surface area contributed by atoms with Gasteiger partial charge in [0.05, 0.1) is 0 Å². The van der Waals surface area contributed by atoms with Crippen molar-refractivity contribution in [1.29, 1.82) is 0 Å². The fourth-order valence-electron chi connectivity index (χ4n) is 2.36. The standard InChI is InChI=1S/C14H17F2N3O/c15-11-5-9(6-12(16)13(11)18-17)14(20)19(10-3-4-10)7-8-1-2-8/h5-6,8,10,18H,1-4,7,17H2. The Hall–Kier alpha value is -1.69. The number of anilines is 1. The second-order valence-corrected chi connectivity index (χ2v) is 5.59. The summed E-state index contributed by atoms with van der Waals surface area (Å²) in [4.78, 5) is 14.2. The van der Waals surface area contributed by atoms with Gasteiger partial charge in [-0.05, 0) is 43.7 Å². The van der Waals surface area contributed by atoms with Crippen molar-refractivity contribution in [3.05, 3.63) is 29.3 Å². The molecule has 0 atom stereocenters. The molecule has 4 nitrogen and oxygen atoms in total. The van der Waals surface area contributed by atoms with Crippen molar-refractivity contribution in [3.63, 3.8) is 0 Å². The molecule has 0 aromatic heterocycles. The van der Waals surface area contributed by atoms with Crippen molar-refractivity contribution in [2.24, 2.45) is 11.8 Å². The third-order valence-electron chi connectivity index (χ3n) is 3.83. The highest BCUT2D eigenvalue weighted by atomic mass is 19.1. The summed E-state index contributed by atoms with van der Waals surface area (Å²) >= 11 is 0. The van der Waals surface area contributed by atoms with Crippen LogP contribution in [0.1, 0.15) is 36.0 Å². The molecule has 0 saturated heterocycles. The lowest BCUT2D eigenvalue weighted by atomic mass is 10.1. The van der Waals surface area contributed by atoms with Gasteiger partial charge in [-0.15, -0.1) is 0 Å². The number of carbonyl (C=O) groups is 1. The van der Waals surface area contributed by atoms with Crippen LogP contribution in [0.15, 0.2) is 12.1 Å². The largest absolute Gasteiger partial charge is 0.335 e. The van der Waals surface area contributed by atoms with E-state index in [1.807, 2.05) is 5.43 Å². The maximum atomic E-state index is 13.7. The van der Waals surface area contributed by atoms with Crippen molar-refractivity contribution < 1.29 is 13.6 Å². The summed E-state index contributed by atoms with van der Waals surface area (Å²) in [5.41, 5.74) is 1.59. The van der Waals surface area contributed by atoms with Crippen LogP contribution in [0.4, 0.5) is 14.5 Å². The van der Waals surface area contributed by atoms with Gasteiger partial charge in [0.2, 0.25) is 0 Å². The number of carbonyl (C=O) groups excluding carboxylic acids is 1. The molecule has 0 spiro atoms. The predicted molar refractivity (Wildman–Crippen MR) is 71.0 cm³/mol. The summed E-state index contributed by atoms with van der Waals surface area (Å²) in [5, 5.41) is 0. The summed E-state index contributed by atoms with van der Waals surface area (Å²) in [7, 11) is 0. The molecule has 0 aliphatic heterocycles. The molecule has 108 valence electrons. The van der Waals surface area contributed by atoms with Gasteiger partial charge in [-0.1, -0.05) is 0 Å². The zero-order chi connectivity index (χ0) is 14.3. The van der Waals surface area contributed by atoms with Gasteiger partial charge >= 0.3 is 0 Å². The van der Waals surface area contributed by atoms with E-state index >= 15 is 0 Å². The Morgan fingerprint density at radius 2 is 1.85 bits per heavy atom. The molecule has 2 aliphatic carbocycles. The third kappa shape index (κ3) is 2.60. The van der Waals surface area contributed by atoms with E-state index in [4.69, 9.17) is 5.84 Å². The van der Waals surface area contributed by atoms with E-state index in [0.717, 1.165) is 37.8 Å². The fraction of sp³-hybridized carbons (Fsp3) is 0.500. The van der Waals surface area contributed by atoms with Crippen LogP contribution in [-0.4, -0.2) is 23.4 Å². The van der Waals surface area contributed by atoms with Gasteiger partial charge in [0, 0.05) is 18.2 Å². The molecule has 0 unspecified atom stereocenters. The van der Waals surface area contributed by atoms with Crippen molar-refractivity contribution in [2.75, 3.05) is 12.0 Å². The first-order valence-electron chi connectivity index (χ1n) is 6.86. The minimum atomic E-state index is -0.849. The number of halogens is 2. The van der Waals surface area contributed by atoms with Gasteiger partial charge in [0.1, 0.15) is 5.69 Å². The molecule has 0 bridgehead atoms. The average molecular weight is 281 g/mol. The molecule has 2 fully saturated rings. The number of hydrogen-bond acceptors (Lipinski definition) is 3. The minimum absolute atomic E-state index is 0.0477. The van der Waals surface area contributed by atoms with Gasteiger partial charge in [0.15, 0.2) is 11.6 Å². The summed E-state index contributed by atoms with van der Waals surface area (Å²) in [6.45, 7) is 0.698. The van der Waals surface area contributed by atoms with E-state index in [9.17, 15) is 13.6 Å². The van der Waals surface area contributed by atoms with Gasteiger partial charge in [-0.2, -0.15) is 0 Å². The van der Waals surface area contributed by atoms with Crippen LogP contribution < -0.4 is 11.3 Å². The first-order valence-corrected chi connectivity index (χ1v) is 6.86. The number of nitrogens with one attached hydrogen (secondary N) is 1. The fourth-order valence-corrected chi connectivity index (χ4v) is 2.36. The van der Waals surface area contributed by atoms with Crippen molar-refractivity contribution >= 4 is 11.6 Å². The number of hydrogen-bond donors (Lipinski definition) is 2. The second-order valence-electron chi connectivity index (χ2n) is 5.59. The maximum Gasteiger partial charge on any atom is 0.254 e. The number of nitrogens with zero attached hydrogens (tertiary/aromatic N) is 1. The van der Waals surface area contributed by atoms with E-state index < -0.39 is 17.3 Å². The van der Waals surface area contributed by atoms with Gasteiger partial charge in [-0.3, -0.25) is 10.6 Å². The van der Waals surface area contributed by atoms with E-state index in [2.05, 4.69) is 0 Å². The SMILES string of the molecule is NNc1c(F)cc(C(=O)N(CC2CC2)C2CC2)cc1F. The molecule has 1 aromatic rings. The topological polar surface area (TPSA) is 58.4 Å². The summed E-state index contributed by atoms with van der Waals surface area (Å²) < 4.78 is 27.3. The zero-order valence-corrected chi connectivity index (χ0v) is 11.0. The molecule has 3 N–H and O–H groups in total. The van der Waals surface area contributed by atoms with Crippen molar-refractivity contribution in [1.82, 2.24) is 4.90 Å². The molecule has 1 amide bonds. The number of nitrogen functional groups attached to an aromatic ring is 1. The molecule has 2 aliphatic rings. The number of benzene rings is 1. The van der Waals surface area contributed by atoms with Crippen molar-refractivity contribution in [2.45, 2.75) is 31.7 Å². The molecular formula is C14H17F2N3O. The first kappa shape index (κ1) is 13.3. The van der Waals surface area contributed by atoms with Crippen LogP contribution in [0.2, 0.25) is 0 Å². The van der Waals surface area contributed by atoms with Gasteiger partial charge in [0.25, 0.3) is 5.91 Å². The van der Waals surface area contributed by atoms with Gasteiger partial charge < -0.3 is 10.3 Å². The lowest BCUT2D eigenvalue weighted by Crippen LogP contribution is -2.35. The first-order chi connectivity index (χ1) is 9.60.